The lowest BCUT2D eigenvalue weighted by Gasteiger charge is -2.20. The molecule has 1 aromatic carbocycles. The molecule has 1 heterocycles. The van der Waals surface area contributed by atoms with Crippen molar-refractivity contribution in [2.45, 2.75) is 44.7 Å². The zero-order valence-corrected chi connectivity index (χ0v) is 14.0. The average Bonchev–Trinajstić information content (AvgIpc) is 3.23. The number of carbonyl (C=O) groups excluding carboxylic acids is 1. The highest BCUT2D eigenvalue weighted by Gasteiger charge is 2.33. The minimum Gasteiger partial charge on any atom is -0.481 e. The predicted molar refractivity (Wildman–Crippen MR) is 88.6 cm³/mol. The number of carboxylic acid groups (broad SMARTS) is 1. The number of aromatic nitrogens is 4. The first-order chi connectivity index (χ1) is 12.0. The first-order valence-corrected chi connectivity index (χ1v) is 8.36. The van der Waals surface area contributed by atoms with E-state index in [1.807, 2.05) is 30.3 Å². The Morgan fingerprint density at radius 3 is 2.68 bits per heavy atom. The van der Waals surface area contributed by atoms with Gasteiger partial charge in [-0.25, -0.2) is 4.68 Å². The second kappa shape index (κ2) is 7.42. The van der Waals surface area contributed by atoms with E-state index in [9.17, 15) is 9.59 Å². The standard InChI is InChI=1S/C17H21N5O3/c1-11-19-20-21-22(11)15(9-12-5-3-2-4-6-12)16(23)18-14-8-7-13(10-14)17(24)25/h2-6,13-15H,7-10H2,1H3,(H,18,23)(H,24,25)/t13-,14+,15?/m1/s1. The third-order valence-electron chi connectivity index (χ3n) is 4.66. The van der Waals surface area contributed by atoms with E-state index in [1.54, 1.807) is 6.92 Å². The molecule has 1 fully saturated rings. The van der Waals surface area contributed by atoms with Gasteiger partial charge in [0.25, 0.3) is 0 Å². The summed E-state index contributed by atoms with van der Waals surface area (Å²) in [6.45, 7) is 1.75. The van der Waals surface area contributed by atoms with Crippen molar-refractivity contribution in [2.24, 2.45) is 5.92 Å². The van der Waals surface area contributed by atoms with Crippen LogP contribution in [0.5, 0.6) is 0 Å². The number of aliphatic carboxylic acids is 1. The van der Waals surface area contributed by atoms with Gasteiger partial charge in [-0.1, -0.05) is 30.3 Å². The molecule has 0 bridgehead atoms. The minimum atomic E-state index is -0.797. The molecular weight excluding hydrogens is 322 g/mol. The van der Waals surface area contributed by atoms with Crippen molar-refractivity contribution in [3.05, 3.63) is 41.7 Å². The number of carbonyl (C=O) groups is 2. The van der Waals surface area contributed by atoms with Gasteiger partial charge in [0.2, 0.25) is 5.91 Å². The van der Waals surface area contributed by atoms with Crippen molar-refractivity contribution >= 4 is 11.9 Å². The number of carboxylic acids is 1. The Bertz CT molecular complexity index is 746. The third kappa shape index (κ3) is 4.01. The second-order valence-electron chi connectivity index (χ2n) is 6.43. The number of rotatable bonds is 6. The SMILES string of the molecule is Cc1nnnn1C(Cc1ccccc1)C(=O)N[C@H]1CC[C@@H](C(=O)O)C1. The van der Waals surface area contributed by atoms with Crippen LogP contribution in [0.25, 0.3) is 0 Å². The first-order valence-electron chi connectivity index (χ1n) is 8.36. The number of benzene rings is 1. The maximum atomic E-state index is 12.9. The monoisotopic (exact) mass is 343 g/mol. The lowest BCUT2D eigenvalue weighted by Crippen LogP contribution is -2.40. The third-order valence-corrected chi connectivity index (χ3v) is 4.66. The molecule has 1 saturated carbocycles. The molecule has 2 aromatic rings. The Morgan fingerprint density at radius 2 is 2.08 bits per heavy atom. The Balaban J connectivity index is 1.74. The summed E-state index contributed by atoms with van der Waals surface area (Å²) in [6.07, 6.45) is 2.20. The smallest absolute Gasteiger partial charge is 0.306 e. The largest absolute Gasteiger partial charge is 0.481 e. The number of nitrogens with zero attached hydrogens (tertiary/aromatic N) is 4. The van der Waals surface area contributed by atoms with E-state index in [-0.39, 0.29) is 17.9 Å². The van der Waals surface area contributed by atoms with Gasteiger partial charge in [-0.05, 0) is 42.2 Å². The summed E-state index contributed by atoms with van der Waals surface area (Å²) in [6, 6.07) is 8.98. The van der Waals surface area contributed by atoms with Gasteiger partial charge in [-0.2, -0.15) is 0 Å². The molecule has 1 aromatic heterocycles. The van der Waals surface area contributed by atoms with Crippen molar-refractivity contribution < 1.29 is 14.7 Å². The first kappa shape index (κ1) is 17.1. The lowest BCUT2D eigenvalue weighted by molar-refractivity contribution is -0.141. The van der Waals surface area contributed by atoms with E-state index >= 15 is 0 Å². The van der Waals surface area contributed by atoms with Crippen LogP contribution in [0.15, 0.2) is 30.3 Å². The predicted octanol–water partition coefficient (Wildman–Crippen LogP) is 1.13. The molecule has 8 heteroatoms. The van der Waals surface area contributed by atoms with E-state index in [4.69, 9.17) is 5.11 Å². The van der Waals surface area contributed by atoms with Crippen molar-refractivity contribution in [3.8, 4) is 0 Å². The number of amides is 1. The average molecular weight is 343 g/mol. The van der Waals surface area contributed by atoms with Gasteiger partial charge in [0.1, 0.15) is 11.9 Å². The van der Waals surface area contributed by atoms with Gasteiger partial charge in [-0.3, -0.25) is 9.59 Å². The highest BCUT2D eigenvalue weighted by Crippen LogP contribution is 2.26. The van der Waals surface area contributed by atoms with Gasteiger partial charge in [0.15, 0.2) is 0 Å². The number of tetrazole rings is 1. The fourth-order valence-corrected chi connectivity index (χ4v) is 3.29. The molecule has 8 nitrogen and oxygen atoms in total. The molecule has 0 radical (unpaired) electrons. The Hall–Kier alpha value is -2.77. The molecule has 0 saturated heterocycles. The fraction of sp³-hybridized carbons (Fsp3) is 0.471. The number of nitrogens with one attached hydrogen (secondary N) is 1. The summed E-state index contributed by atoms with van der Waals surface area (Å²) in [5.74, 6) is -0.803. The quantitative estimate of drug-likeness (QED) is 0.814. The maximum Gasteiger partial charge on any atom is 0.306 e. The highest BCUT2D eigenvalue weighted by atomic mass is 16.4. The normalized spacial score (nSPS) is 21.0. The summed E-state index contributed by atoms with van der Waals surface area (Å²) >= 11 is 0. The van der Waals surface area contributed by atoms with Crippen molar-refractivity contribution in [2.75, 3.05) is 0 Å². The minimum absolute atomic E-state index is 0.122. The Labute approximate surface area is 145 Å². The van der Waals surface area contributed by atoms with Crippen LogP contribution < -0.4 is 5.32 Å². The number of aryl methyl sites for hydroxylation is 1. The molecule has 1 aliphatic rings. The summed E-state index contributed by atoms with van der Waals surface area (Å²) in [5, 5.41) is 23.6. The van der Waals surface area contributed by atoms with E-state index < -0.39 is 12.0 Å². The molecule has 3 atom stereocenters. The molecule has 25 heavy (non-hydrogen) atoms. The topological polar surface area (TPSA) is 110 Å². The molecule has 1 aliphatic carbocycles. The van der Waals surface area contributed by atoms with Gasteiger partial charge in [-0.15, -0.1) is 5.10 Å². The summed E-state index contributed by atoms with van der Waals surface area (Å²) in [5.41, 5.74) is 1.01. The van der Waals surface area contributed by atoms with Crippen LogP contribution in [0.1, 0.15) is 36.7 Å². The van der Waals surface area contributed by atoms with Crippen molar-refractivity contribution in [3.63, 3.8) is 0 Å². The van der Waals surface area contributed by atoms with Crippen LogP contribution in [0.4, 0.5) is 0 Å². The highest BCUT2D eigenvalue weighted by molar-refractivity contribution is 5.81. The molecule has 2 N–H and O–H groups in total. The van der Waals surface area contributed by atoms with E-state index in [2.05, 4.69) is 20.8 Å². The van der Waals surface area contributed by atoms with Crippen molar-refractivity contribution in [1.29, 1.82) is 0 Å². The molecule has 132 valence electrons. The summed E-state index contributed by atoms with van der Waals surface area (Å²) in [7, 11) is 0. The Morgan fingerprint density at radius 1 is 1.32 bits per heavy atom. The zero-order valence-electron chi connectivity index (χ0n) is 14.0. The van der Waals surface area contributed by atoms with Gasteiger partial charge in [0.05, 0.1) is 5.92 Å². The van der Waals surface area contributed by atoms with Gasteiger partial charge < -0.3 is 10.4 Å². The molecular formula is C17H21N5O3. The fourth-order valence-electron chi connectivity index (χ4n) is 3.29. The van der Waals surface area contributed by atoms with Crippen molar-refractivity contribution in [1.82, 2.24) is 25.5 Å². The molecule has 0 aliphatic heterocycles. The van der Waals surface area contributed by atoms with E-state index in [1.165, 1.54) is 4.68 Å². The summed E-state index contributed by atoms with van der Waals surface area (Å²) < 4.78 is 1.52. The van der Waals surface area contributed by atoms with Crippen LogP contribution in [0.2, 0.25) is 0 Å². The van der Waals surface area contributed by atoms with Crippen LogP contribution in [-0.2, 0) is 16.0 Å². The van der Waals surface area contributed by atoms with Gasteiger partial charge >= 0.3 is 5.97 Å². The summed E-state index contributed by atoms with van der Waals surface area (Å²) in [4.78, 5) is 24.0. The second-order valence-corrected chi connectivity index (χ2v) is 6.43. The zero-order chi connectivity index (χ0) is 17.8. The molecule has 1 unspecified atom stereocenters. The van der Waals surface area contributed by atoms with Crippen LogP contribution in [0.3, 0.4) is 0 Å². The van der Waals surface area contributed by atoms with Crippen LogP contribution in [-0.4, -0.2) is 43.2 Å². The van der Waals surface area contributed by atoms with E-state index in [0.29, 0.717) is 31.5 Å². The molecule has 1 amide bonds. The lowest BCUT2D eigenvalue weighted by atomic mass is 10.0. The number of hydrogen-bond donors (Lipinski definition) is 2. The number of hydrogen-bond acceptors (Lipinski definition) is 5. The van der Waals surface area contributed by atoms with Gasteiger partial charge in [0, 0.05) is 12.5 Å². The van der Waals surface area contributed by atoms with Crippen LogP contribution in [0, 0.1) is 12.8 Å². The molecule has 0 spiro atoms. The van der Waals surface area contributed by atoms with E-state index in [0.717, 1.165) is 5.56 Å². The maximum absolute atomic E-state index is 12.9. The van der Waals surface area contributed by atoms with Crippen LogP contribution >= 0.6 is 0 Å². The Kier molecular flexibility index (Phi) is 5.06. The molecule has 3 rings (SSSR count).